The summed E-state index contributed by atoms with van der Waals surface area (Å²) in [7, 11) is -3.55. The number of carbonyl (C=O) groups is 1. The van der Waals surface area contributed by atoms with E-state index in [1.165, 1.54) is 28.6 Å². The molecule has 1 amide bonds. The largest absolute Gasteiger partial charge is 0.408 e. The van der Waals surface area contributed by atoms with E-state index in [4.69, 9.17) is 4.42 Å². The van der Waals surface area contributed by atoms with Crippen molar-refractivity contribution in [1.82, 2.24) is 14.5 Å². The number of aryl methyl sites for hydroxylation is 1. The van der Waals surface area contributed by atoms with E-state index < -0.39 is 15.9 Å². The average molecular weight is 378 g/mol. The molecule has 0 radical (unpaired) electrons. The van der Waals surface area contributed by atoms with Crippen molar-refractivity contribution in [2.45, 2.75) is 50.5 Å². The molecule has 1 fully saturated rings. The van der Waals surface area contributed by atoms with Crippen molar-refractivity contribution in [2.24, 2.45) is 0 Å². The van der Waals surface area contributed by atoms with Crippen LogP contribution in [0.1, 0.15) is 49.4 Å². The molecule has 0 spiro atoms. The van der Waals surface area contributed by atoms with Gasteiger partial charge in [-0.3, -0.25) is 10.1 Å². The molecule has 8 nitrogen and oxygen atoms in total. The summed E-state index contributed by atoms with van der Waals surface area (Å²) in [5.74, 6) is -0.0102. The Labute approximate surface area is 152 Å². The molecule has 26 heavy (non-hydrogen) atoms. The highest BCUT2D eigenvalue weighted by Crippen LogP contribution is 2.25. The number of benzene rings is 1. The molecule has 2 heterocycles. The van der Waals surface area contributed by atoms with Gasteiger partial charge in [-0.25, -0.2) is 8.42 Å². The maximum Gasteiger partial charge on any atom is 0.322 e. The van der Waals surface area contributed by atoms with Crippen LogP contribution in [0.5, 0.6) is 0 Å². The minimum absolute atomic E-state index is 0.0120. The summed E-state index contributed by atoms with van der Waals surface area (Å²) in [5.41, 5.74) is 0.312. The van der Waals surface area contributed by atoms with Gasteiger partial charge < -0.3 is 4.42 Å². The molecule has 1 N–H and O–H groups in total. The molecule has 0 unspecified atom stereocenters. The molecule has 1 aromatic carbocycles. The van der Waals surface area contributed by atoms with E-state index >= 15 is 0 Å². The van der Waals surface area contributed by atoms with Crippen molar-refractivity contribution in [2.75, 3.05) is 11.9 Å². The number of rotatable bonds is 5. The van der Waals surface area contributed by atoms with Crippen LogP contribution in [-0.4, -0.2) is 41.4 Å². The first-order chi connectivity index (χ1) is 12.4. The van der Waals surface area contributed by atoms with Crippen LogP contribution in [0.4, 0.5) is 6.01 Å². The molecule has 1 atom stereocenters. The predicted molar refractivity (Wildman–Crippen MR) is 95.3 cm³/mol. The van der Waals surface area contributed by atoms with Gasteiger partial charge in [0.25, 0.3) is 5.91 Å². The number of hydrogen-bond donors (Lipinski definition) is 1. The molecule has 1 saturated heterocycles. The van der Waals surface area contributed by atoms with Crippen LogP contribution in [0.25, 0.3) is 0 Å². The molecule has 1 aromatic heterocycles. The third-order valence-electron chi connectivity index (χ3n) is 4.45. The lowest BCUT2D eigenvalue weighted by atomic mass is 10.1. The van der Waals surface area contributed by atoms with Crippen molar-refractivity contribution in [1.29, 1.82) is 0 Å². The summed E-state index contributed by atoms with van der Waals surface area (Å²) in [6.07, 6.45) is 3.35. The fourth-order valence-electron chi connectivity index (χ4n) is 2.96. The first kappa shape index (κ1) is 18.5. The lowest BCUT2D eigenvalue weighted by Gasteiger charge is -2.32. The number of nitrogens with zero attached hydrogens (tertiary/aromatic N) is 3. The molecule has 2 aromatic rings. The number of sulfonamides is 1. The van der Waals surface area contributed by atoms with Gasteiger partial charge in [-0.2, -0.15) is 4.31 Å². The SMILES string of the molecule is CCc1nnc(NC(=O)c2ccc(S(=O)(=O)N3CCCC[C@@H]3C)cc2)o1. The van der Waals surface area contributed by atoms with Crippen LogP contribution in [0.2, 0.25) is 0 Å². The maximum atomic E-state index is 12.8. The Morgan fingerprint density at radius 1 is 1.27 bits per heavy atom. The third-order valence-corrected chi connectivity index (χ3v) is 6.48. The highest BCUT2D eigenvalue weighted by molar-refractivity contribution is 7.89. The van der Waals surface area contributed by atoms with Gasteiger partial charge in [0.2, 0.25) is 15.9 Å². The number of anilines is 1. The number of amides is 1. The smallest absolute Gasteiger partial charge is 0.322 e. The standard InChI is InChI=1S/C17H22N4O4S/c1-3-15-19-20-17(25-15)18-16(22)13-7-9-14(10-8-13)26(23,24)21-11-5-4-6-12(21)2/h7-10,12H,3-6,11H2,1-2H3,(H,18,20,22)/t12-/m0/s1. The van der Waals surface area contributed by atoms with Crippen LogP contribution in [-0.2, 0) is 16.4 Å². The molecule has 3 rings (SSSR count). The van der Waals surface area contributed by atoms with E-state index in [0.29, 0.717) is 24.4 Å². The third kappa shape index (κ3) is 3.78. The topological polar surface area (TPSA) is 105 Å². The molecular weight excluding hydrogens is 356 g/mol. The summed E-state index contributed by atoms with van der Waals surface area (Å²) < 4.78 is 32.4. The minimum Gasteiger partial charge on any atom is -0.408 e. The van der Waals surface area contributed by atoms with E-state index in [0.717, 1.165) is 19.3 Å². The van der Waals surface area contributed by atoms with Crippen LogP contribution in [0.15, 0.2) is 33.6 Å². The quantitative estimate of drug-likeness (QED) is 0.857. The number of carbonyl (C=O) groups excluding carboxylic acids is 1. The average Bonchev–Trinajstić information content (AvgIpc) is 3.09. The fourth-order valence-corrected chi connectivity index (χ4v) is 4.66. The van der Waals surface area contributed by atoms with Crippen molar-refractivity contribution < 1.29 is 17.6 Å². The molecule has 0 saturated carbocycles. The normalized spacial score (nSPS) is 18.6. The fraction of sp³-hybridized carbons (Fsp3) is 0.471. The van der Waals surface area contributed by atoms with Gasteiger partial charge in [0.05, 0.1) is 4.90 Å². The zero-order valence-corrected chi connectivity index (χ0v) is 15.6. The Balaban J connectivity index is 1.74. The number of nitrogens with one attached hydrogen (secondary N) is 1. The van der Waals surface area contributed by atoms with Crippen molar-refractivity contribution in [3.8, 4) is 0 Å². The molecule has 0 aliphatic carbocycles. The van der Waals surface area contributed by atoms with Crippen LogP contribution in [0, 0.1) is 0 Å². The lowest BCUT2D eigenvalue weighted by Crippen LogP contribution is -2.41. The maximum absolute atomic E-state index is 12.8. The number of piperidine rings is 1. The van der Waals surface area contributed by atoms with Crippen molar-refractivity contribution in [3.63, 3.8) is 0 Å². The lowest BCUT2D eigenvalue weighted by molar-refractivity contribution is 0.102. The van der Waals surface area contributed by atoms with E-state index in [1.807, 2.05) is 13.8 Å². The summed E-state index contributed by atoms with van der Waals surface area (Å²) in [5, 5.41) is 10.0. The van der Waals surface area contributed by atoms with Gasteiger partial charge >= 0.3 is 6.01 Å². The Morgan fingerprint density at radius 2 is 2.00 bits per heavy atom. The second kappa shape index (κ2) is 7.55. The molecule has 9 heteroatoms. The van der Waals surface area contributed by atoms with Crippen LogP contribution >= 0.6 is 0 Å². The summed E-state index contributed by atoms with van der Waals surface area (Å²) in [6, 6.07) is 5.88. The second-order valence-electron chi connectivity index (χ2n) is 6.29. The van der Waals surface area contributed by atoms with Gasteiger partial charge in [0.1, 0.15) is 0 Å². The first-order valence-corrected chi connectivity index (χ1v) is 10.1. The second-order valence-corrected chi connectivity index (χ2v) is 8.18. The molecular formula is C17H22N4O4S. The van der Waals surface area contributed by atoms with Crippen molar-refractivity contribution in [3.05, 3.63) is 35.7 Å². The first-order valence-electron chi connectivity index (χ1n) is 8.67. The molecule has 1 aliphatic rings. The predicted octanol–water partition coefficient (Wildman–Crippen LogP) is 2.45. The summed E-state index contributed by atoms with van der Waals surface area (Å²) in [6.45, 7) is 4.32. The molecule has 1 aliphatic heterocycles. The van der Waals surface area contributed by atoms with Crippen LogP contribution in [0.3, 0.4) is 0 Å². The summed E-state index contributed by atoms with van der Waals surface area (Å²) >= 11 is 0. The van der Waals surface area contributed by atoms with Crippen molar-refractivity contribution >= 4 is 21.9 Å². The van der Waals surface area contributed by atoms with E-state index in [2.05, 4.69) is 15.5 Å². The van der Waals surface area contributed by atoms with Gasteiger partial charge in [-0.15, -0.1) is 5.10 Å². The van der Waals surface area contributed by atoms with Gasteiger partial charge in [-0.05, 0) is 44.0 Å². The highest BCUT2D eigenvalue weighted by atomic mass is 32.2. The zero-order chi connectivity index (χ0) is 18.7. The Bertz CT molecular complexity index is 876. The Morgan fingerprint density at radius 3 is 2.62 bits per heavy atom. The monoisotopic (exact) mass is 378 g/mol. The number of aromatic nitrogens is 2. The minimum atomic E-state index is -3.55. The van der Waals surface area contributed by atoms with E-state index in [1.54, 1.807) is 0 Å². The molecule has 140 valence electrons. The van der Waals surface area contributed by atoms with Gasteiger partial charge in [0, 0.05) is 24.6 Å². The van der Waals surface area contributed by atoms with Crippen LogP contribution < -0.4 is 5.32 Å². The van der Waals surface area contributed by atoms with E-state index in [-0.39, 0.29) is 17.0 Å². The zero-order valence-electron chi connectivity index (χ0n) is 14.8. The Hall–Kier alpha value is -2.26. The molecule has 0 bridgehead atoms. The van der Waals surface area contributed by atoms with E-state index in [9.17, 15) is 13.2 Å². The number of hydrogen-bond acceptors (Lipinski definition) is 6. The summed E-state index contributed by atoms with van der Waals surface area (Å²) in [4.78, 5) is 12.4. The Kier molecular flexibility index (Phi) is 5.38. The van der Waals surface area contributed by atoms with Gasteiger partial charge in [0.15, 0.2) is 0 Å². The highest BCUT2D eigenvalue weighted by Gasteiger charge is 2.30. The van der Waals surface area contributed by atoms with Gasteiger partial charge in [-0.1, -0.05) is 18.4 Å².